The van der Waals surface area contributed by atoms with E-state index in [2.05, 4.69) is 10.3 Å². The Morgan fingerprint density at radius 2 is 2.14 bits per heavy atom. The molecule has 0 aromatic carbocycles. The van der Waals surface area contributed by atoms with Gasteiger partial charge in [-0.1, -0.05) is 0 Å². The van der Waals surface area contributed by atoms with Gasteiger partial charge in [-0.05, 0) is 13.0 Å². The van der Waals surface area contributed by atoms with Crippen LogP contribution in [0, 0.1) is 6.92 Å². The van der Waals surface area contributed by atoms with Gasteiger partial charge in [-0.3, -0.25) is 9.59 Å². The van der Waals surface area contributed by atoms with Crippen molar-refractivity contribution >= 4 is 17.2 Å². The van der Waals surface area contributed by atoms with Gasteiger partial charge in [-0.15, -0.1) is 11.3 Å². The van der Waals surface area contributed by atoms with Crippen LogP contribution in [0.1, 0.15) is 16.3 Å². The van der Waals surface area contributed by atoms with Gasteiger partial charge in [0.25, 0.3) is 5.56 Å². The topological polar surface area (TPSA) is 64.0 Å². The summed E-state index contributed by atoms with van der Waals surface area (Å²) < 4.78 is 38.5. The van der Waals surface area contributed by atoms with Crippen molar-refractivity contribution in [2.75, 3.05) is 0 Å². The molecular formula is C13H12F3N3O2S. The summed E-state index contributed by atoms with van der Waals surface area (Å²) in [6.07, 6.45) is -3.93. The Morgan fingerprint density at radius 1 is 1.41 bits per heavy atom. The number of nitrogens with one attached hydrogen (secondary N) is 1. The van der Waals surface area contributed by atoms with E-state index in [0.29, 0.717) is 17.3 Å². The number of hydrogen-bond acceptors (Lipinski definition) is 4. The molecule has 5 nitrogen and oxygen atoms in total. The summed E-state index contributed by atoms with van der Waals surface area (Å²) in [6, 6.07) is 1.48. The van der Waals surface area contributed by atoms with Crippen LogP contribution < -0.4 is 10.9 Å². The van der Waals surface area contributed by atoms with Gasteiger partial charge in [0.2, 0.25) is 5.91 Å². The predicted molar refractivity (Wildman–Crippen MR) is 74.4 cm³/mol. The Morgan fingerprint density at radius 3 is 2.73 bits per heavy atom. The molecule has 2 aromatic heterocycles. The minimum Gasteiger partial charge on any atom is -0.348 e. The van der Waals surface area contributed by atoms with E-state index in [-0.39, 0.29) is 6.54 Å². The van der Waals surface area contributed by atoms with Gasteiger partial charge in [-0.2, -0.15) is 13.2 Å². The van der Waals surface area contributed by atoms with Gasteiger partial charge in [0.05, 0.1) is 12.1 Å². The predicted octanol–water partition coefficient (Wildman–Crippen LogP) is 1.95. The van der Waals surface area contributed by atoms with Crippen molar-refractivity contribution in [2.45, 2.75) is 26.2 Å². The summed E-state index contributed by atoms with van der Waals surface area (Å²) in [5.74, 6) is -0.561. The average molecular weight is 331 g/mol. The number of carbonyl (C=O) groups is 1. The van der Waals surface area contributed by atoms with Crippen molar-refractivity contribution in [3.63, 3.8) is 0 Å². The quantitative estimate of drug-likeness (QED) is 0.931. The zero-order valence-electron chi connectivity index (χ0n) is 11.5. The third-order valence-corrected chi connectivity index (χ3v) is 3.69. The van der Waals surface area contributed by atoms with Crippen LogP contribution in [0.4, 0.5) is 13.2 Å². The molecule has 2 heterocycles. The second-order valence-electron chi connectivity index (χ2n) is 4.54. The minimum absolute atomic E-state index is 0.172. The van der Waals surface area contributed by atoms with Gasteiger partial charge in [-0.25, -0.2) is 4.98 Å². The number of alkyl halides is 3. The maximum Gasteiger partial charge on any atom is 0.417 e. The lowest BCUT2D eigenvalue weighted by Crippen LogP contribution is -2.32. The van der Waals surface area contributed by atoms with E-state index in [1.54, 1.807) is 0 Å². The fourth-order valence-electron chi connectivity index (χ4n) is 1.69. The van der Waals surface area contributed by atoms with Crippen LogP contribution in [0.25, 0.3) is 0 Å². The van der Waals surface area contributed by atoms with Crippen LogP contribution in [0.15, 0.2) is 28.5 Å². The van der Waals surface area contributed by atoms with Gasteiger partial charge >= 0.3 is 6.18 Å². The van der Waals surface area contributed by atoms with E-state index in [9.17, 15) is 22.8 Å². The molecule has 22 heavy (non-hydrogen) atoms. The molecule has 0 aliphatic rings. The number of amides is 1. The summed E-state index contributed by atoms with van der Waals surface area (Å²) in [6.45, 7) is 1.50. The van der Waals surface area contributed by atoms with Crippen LogP contribution in [-0.2, 0) is 24.1 Å². The number of carbonyl (C=O) groups excluding carboxylic acids is 1. The summed E-state index contributed by atoms with van der Waals surface area (Å²) >= 11 is 1.36. The first-order valence-electron chi connectivity index (χ1n) is 6.21. The van der Waals surface area contributed by atoms with Crippen molar-refractivity contribution in [1.29, 1.82) is 0 Å². The van der Waals surface area contributed by atoms with E-state index < -0.39 is 29.8 Å². The average Bonchev–Trinajstić information content (AvgIpc) is 2.83. The van der Waals surface area contributed by atoms with Gasteiger partial charge < -0.3 is 9.88 Å². The zero-order valence-corrected chi connectivity index (χ0v) is 12.3. The third kappa shape index (κ3) is 4.17. The third-order valence-electron chi connectivity index (χ3n) is 2.73. The van der Waals surface area contributed by atoms with Gasteiger partial charge in [0.1, 0.15) is 11.6 Å². The van der Waals surface area contributed by atoms with Crippen LogP contribution in [0.2, 0.25) is 0 Å². The minimum atomic E-state index is -4.57. The number of halogens is 3. The molecule has 0 unspecified atom stereocenters. The fraction of sp³-hybridized carbons (Fsp3) is 0.308. The van der Waals surface area contributed by atoms with Gasteiger partial charge in [0, 0.05) is 23.3 Å². The molecular weight excluding hydrogens is 319 g/mol. The Balaban J connectivity index is 2.03. The second kappa shape index (κ2) is 6.30. The molecule has 2 rings (SSSR count). The molecule has 1 amide bonds. The Hall–Kier alpha value is -2.16. The first-order valence-corrected chi connectivity index (χ1v) is 7.09. The molecule has 9 heteroatoms. The highest BCUT2D eigenvalue weighted by atomic mass is 32.1. The number of pyridine rings is 1. The second-order valence-corrected chi connectivity index (χ2v) is 5.48. The maximum absolute atomic E-state index is 12.6. The van der Waals surface area contributed by atoms with E-state index >= 15 is 0 Å². The lowest BCUT2D eigenvalue weighted by Gasteiger charge is -2.10. The highest BCUT2D eigenvalue weighted by Crippen LogP contribution is 2.27. The number of rotatable bonds is 4. The monoisotopic (exact) mass is 331 g/mol. The molecule has 0 bridgehead atoms. The highest BCUT2D eigenvalue weighted by molar-refractivity contribution is 7.09. The van der Waals surface area contributed by atoms with E-state index in [1.165, 1.54) is 11.3 Å². The number of aryl methyl sites for hydroxylation is 1. The number of nitrogens with zero attached hydrogens (tertiary/aromatic N) is 2. The summed E-state index contributed by atoms with van der Waals surface area (Å²) in [5, 5.41) is 5.02. The first-order chi connectivity index (χ1) is 10.3. The SMILES string of the molecule is Cc1csc(CNC(=O)Cn2cc(C(F)(F)F)ccc2=O)n1. The molecule has 0 spiro atoms. The Labute approximate surface area is 127 Å². The molecule has 0 radical (unpaired) electrons. The van der Waals surface area contributed by atoms with E-state index in [4.69, 9.17) is 0 Å². The lowest BCUT2D eigenvalue weighted by atomic mass is 10.3. The molecule has 2 aromatic rings. The standard InChI is InChI=1S/C13H12F3N3O2S/c1-8-7-22-11(18-8)4-17-10(20)6-19-5-9(13(14,15)16)2-3-12(19)21/h2-3,5,7H,4,6H2,1H3,(H,17,20). The van der Waals surface area contributed by atoms with Crippen LogP contribution in [-0.4, -0.2) is 15.5 Å². The van der Waals surface area contributed by atoms with E-state index in [0.717, 1.165) is 16.3 Å². The molecule has 0 aliphatic heterocycles. The highest BCUT2D eigenvalue weighted by Gasteiger charge is 2.31. The van der Waals surface area contributed by atoms with Crippen molar-refractivity contribution in [1.82, 2.24) is 14.9 Å². The van der Waals surface area contributed by atoms with Crippen LogP contribution in [0.3, 0.4) is 0 Å². The maximum atomic E-state index is 12.6. The summed E-state index contributed by atoms with van der Waals surface area (Å²) in [7, 11) is 0. The normalized spacial score (nSPS) is 11.5. The van der Waals surface area contributed by atoms with Crippen molar-refractivity contribution in [3.8, 4) is 0 Å². The Kier molecular flexibility index (Phi) is 4.65. The molecule has 1 N–H and O–H groups in total. The Bertz CT molecular complexity index is 737. The van der Waals surface area contributed by atoms with Crippen LogP contribution in [0.5, 0.6) is 0 Å². The largest absolute Gasteiger partial charge is 0.417 e. The number of hydrogen-bond donors (Lipinski definition) is 1. The summed E-state index contributed by atoms with van der Waals surface area (Å²) in [4.78, 5) is 27.4. The lowest BCUT2D eigenvalue weighted by molar-refractivity contribution is -0.138. The molecule has 0 fully saturated rings. The molecule has 0 saturated heterocycles. The number of aromatic nitrogens is 2. The van der Waals surface area contributed by atoms with Crippen molar-refractivity contribution in [2.24, 2.45) is 0 Å². The number of thiazole rings is 1. The molecule has 0 atom stereocenters. The fourth-order valence-corrected chi connectivity index (χ4v) is 2.40. The zero-order chi connectivity index (χ0) is 16.3. The van der Waals surface area contributed by atoms with E-state index in [1.807, 2.05) is 12.3 Å². The van der Waals surface area contributed by atoms with Crippen molar-refractivity contribution < 1.29 is 18.0 Å². The molecule has 118 valence electrons. The smallest absolute Gasteiger partial charge is 0.348 e. The van der Waals surface area contributed by atoms with Crippen LogP contribution >= 0.6 is 11.3 Å². The molecule has 0 aliphatic carbocycles. The summed E-state index contributed by atoms with van der Waals surface area (Å²) in [5.41, 5.74) is -0.827. The molecule has 0 saturated carbocycles. The van der Waals surface area contributed by atoms with Crippen molar-refractivity contribution in [3.05, 3.63) is 50.3 Å². The first kappa shape index (κ1) is 16.2. The van der Waals surface area contributed by atoms with Gasteiger partial charge in [0.15, 0.2) is 0 Å².